The fraction of sp³-hybridized carbons (Fsp3) is 0.333. The van der Waals surface area contributed by atoms with Gasteiger partial charge in [-0.3, -0.25) is 4.79 Å². The molecular formula is C12H14BrFN2O3. The van der Waals surface area contributed by atoms with Gasteiger partial charge in [0.2, 0.25) is 0 Å². The van der Waals surface area contributed by atoms with Crippen LogP contribution in [0.25, 0.3) is 0 Å². The number of methoxy groups -OCH3 is 1. The topological polar surface area (TPSA) is 67.4 Å². The van der Waals surface area contributed by atoms with Crippen LogP contribution in [-0.2, 0) is 9.53 Å². The monoisotopic (exact) mass is 332 g/mol. The first-order valence-electron chi connectivity index (χ1n) is 5.51. The number of halogens is 2. The molecule has 0 aliphatic rings. The van der Waals surface area contributed by atoms with Crippen molar-refractivity contribution >= 4 is 33.6 Å². The molecule has 0 heterocycles. The lowest BCUT2D eigenvalue weighted by atomic mass is 10.2. The summed E-state index contributed by atoms with van der Waals surface area (Å²) < 4.78 is 18.5. The van der Waals surface area contributed by atoms with Gasteiger partial charge in [0.1, 0.15) is 5.82 Å². The van der Waals surface area contributed by atoms with Gasteiger partial charge in [-0.25, -0.2) is 9.18 Å². The first-order valence-corrected chi connectivity index (χ1v) is 6.31. The van der Waals surface area contributed by atoms with E-state index >= 15 is 0 Å². The normalized spacial score (nSPS) is 11.6. The number of urea groups is 1. The van der Waals surface area contributed by atoms with Gasteiger partial charge >= 0.3 is 12.0 Å². The van der Waals surface area contributed by atoms with Crippen molar-refractivity contribution in [3.63, 3.8) is 0 Å². The molecule has 0 spiro atoms. The maximum absolute atomic E-state index is 13.4. The fourth-order valence-corrected chi connectivity index (χ4v) is 1.65. The van der Waals surface area contributed by atoms with Gasteiger partial charge in [-0.05, 0) is 18.2 Å². The quantitative estimate of drug-likeness (QED) is 0.832. The van der Waals surface area contributed by atoms with Crippen molar-refractivity contribution in [2.24, 2.45) is 5.92 Å². The van der Waals surface area contributed by atoms with E-state index in [1.165, 1.54) is 25.3 Å². The van der Waals surface area contributed by atoms with E-state index in [0.717, 1.165) is 0 Å². The second kappa shape index (κ2) is 7.08. The minimum atomic E-state index is -0.590. The summed E-state index contributed by atoms with van der Waals surface area (Å²) >= 11 is 3.18. The Kier molecular flexibility index (Phi) is 5.75. The molecule has 0 saturated carbocycles. The highest BCUT2D eigenvalue weighted by molar-refractivity contribution is 9.10. The number of esters is 1. The van der Waals surface area contributed by atoms with Gasteiger partial charge < -0.3 is 15.4 Å². The number of nitrogens with one attached hydrogen (secondary N) is 2. The lowest BCUT2D eigenvalue weighted by Crippen LogP contribution is -2.35. The summed E-state index contributed by atoms with van der Waals surface area (Å²) in [6.07, 6.45) is 0. The van der Waals surface area contributed by atoms with Crippen molar-refractivity contribution < 1.29 is 18.7 Å². The van der Waals surface area contributed by atoms with E-state index in [0.29, 0.717) is 4.47 Å². The summed E-state index contributed by atoms with van der Waals surface area (Å²) in [5, 5.41) is 4.82. The van der Waals surface area contributed by atoms with Crippen LogP contribution in [0.15, 0.2) is 22.7 Å². The molecule has 0 unspecified atom stereocenters. The molecule has 0 aliphatic heterocycles. The highest BCUT2D eigenvalue weighted by atomic mass is 79.9. The second-order valence-corrected chi connectivity index (χ2v) is 4.80. The van der Waals surface area contributed by atoms with Crippen LogP contribution < -0.4 is 10.6 Å². The van der Waals surface area contributed by atoms with E-state index in [-0.39, 0.29) is 12.2 Å². The molecule has 0 aromatic heterocycles. The fourth-order valence-electron chi connectivity index (χ4n) is 1.29. The Morgan fingerprint density at radius 3 is 2.79 bits per heavy atom. The number of carbonyl (C=O) groups is 2. The third-order valence-electron chi connectivity index (χ3n) is 2.35. The maximum Gasteiger partial charge on any atom is 0.319 e. The zero-order valence-corrected chi connectivity index (χ0v) is 12.1. The molecule has 1 aromatic rings. The number of benzene rings is 1. The summed E-state index contributed by atoms with van der Waals surface area (Å²) in [6.45, 7) is 1.72. The molecule has 5 nitrogen and oxygen atoms in total. The molecule has 0 saturated heterocycles. The Hall–Kier alpha value is -1.63. The molecule has 104 valence electrons. The van der Waals surface area contributed by atoms with Crippen LogP contribution in [0.4, 0.5) is 14.9 Å². The van der Waals surface area contributed by atoms with Crippen molar-refractivity contribution in [1.29, 1.82) is 0 Å². The van der Waals surface area contributed by atoms with Crippen LogP contribution in [0.3, 0.4) is 0 Å². The van der Waals surface area contributed by atoms with Gasteiger partial charge in [0.05, 0.1) is 18.7 Å². The van der Waals surface area contributed by atoms with Gasteiger partial charge in [0, 0.05) is 11.0 Å². The van der Waals surface area contributed by atoms with Gasteiger partial charge in [-0.1, -0.05) is 22.9 Å². The van der Waals surface area contributed by atoms with Gasteiger partial charge in [-0.15, -0.1) is 0 Å². The average Bonchev–Trinajstić information content (AvgIpc) is 2.39. The minimum absolute atomic E-state index is 0.0533. The van der Waals surface area contributed by atoms with Crippen LogP contribution in [0.5, 0.6) is 0 Å². The van der Waals surface area contributed by atoms with E-state index in [1.54, 1.807) is 6.92 Å². The van der Waals surface area contributed by atoms with E-state index in [4.69, 9.17) is 0 Å². The molecule has 1 aromatic carbocycles. The first-order chi connectivity index (χ1) is 8.93. The predicted octanol–water partition coefficient (Wildman–Crippen LogP) is 2.52. The van der Waals surface area contributed by atoms with Crippen LogP contribution in [0, 0.1) is 11.7 Å². The largest absolute Gasteiger partial charge is 0.469 e. The molecular weight excluding hydrogens is 319 g/mol. The van der Waals surface area contributed by atoms with Crippen molar-refractivity contribution in [2.45, 2.75) is 6.92 Å². The van der Waals surface area contributed by atoms with E-state index in [1.807, 2.05) is 0 Å². The maximum atomic E-state index is 13.4. The van der Waals surface area contributed by atoms with Gasteiger partial charge in [-0.2, -0.15) is 0 Å². The molecule has 19 heavy (non-hydrogen) atoms. The number of anilines is 1. The van der Waals surface area contributed by atoms with Crippen molar-refractivity contribution in [3.8, 4) is 0 Å². The first kappa shape index (κ1) is 15.4. The van der Waals surface area contributed by atoms with Gasteiger partial charge in [0.25, 0.3) is 0 Å². The number of carbonyl (C=O) groups excluding carboxylic acids is 2. The van der Waals surface area contributed by atoms with E-state index in [2.05, 4.69) is 31.3 Å². The minimum Gasteiger partial charge on any atom is -0.469 e. The molecule has 2 N–H and O–H groups in total. The lowest BCUT2D eigenvalue weighted by Gasteiger charge is -2.12. The molecule has 1 rings (SSSR count). The molecule has 7 heteroatoms. The Morgan fingerprint density at radius 2 is 2.16 bits per heavy atom. The standard InChI is InChI=1S/C12H14BrFN2O3/c1-7(11(17)19-2)6-15-12(18)16-10-5-8(13)3-4-9(10)14/h3-5,7H,6H2,1-2H3,(H2,15,16,18)/t7-/m0/s1. The number of hydrogen-bond donors (Lipinski definition) is 2. The summed E-state index contributed by atoms with van der Waals surface area (Å²) in [4.78, 5) is 22.7. The summed E-state index contributed by atoms with van der Waals surface area (Å²) in [5.74, 6) is -1.43. The zero-order chi connectivity index (χ0) is 14.4. The zero-order valence-electron chi connectivity index (χ0n) is 10.5. The van der Waals surface area contributed by atoms with Crippen molar-refractivity contribution in [1.82, 2.24) is 5.32 Å². The predicted molar refractivity (Wildman–Crippen MR) is 72.3 cm³/mol. The third-order valence-corrected chi connectivity index (χ3v) is 2.84. The van der Waals surface area contributed by atoms with Crippen molar-refractivity contribution in [2.75, 3.05) is 19.0 Å². The van der Waals surface area contributed by atoms with Crippen molar-refractivity contribution in [3.05, 3.63) is 28.5 Å². The smallest absolute Gasteiger partial charge is 0.319 e. The van der Waals surface area contributed by atoms with Crippen LogP contribution in [0.2, 0.25) is 0 Å². The molecule has 0 bridgehead atoms. The average molecular weight is 333 g/mol. The van der Waals surface area contributed by atoms with Gasteiger partial charge in [0.15, 0.2) is 0 Å². The van der Waals surface area contributed by atoms with Crippen LogP contribution >= 0.6 is 15.9 Å². The second-order valence-electron chi connectivity index (χ2n) is 3.88. The van der Waals surface area contributed by atoms with Crippen LogP contribution in [0.1, 0.15) is 6.92 Å². The summed E-state index contributed by atoms with van der Waals surface area (Å²) in [5.41, 5.74) is 0.0533. The molecule has 0 aliphatic carbocycles. The number of hydrogen-bond acceptors (Lipinski definition) is 3. The number of amides is 2. The summed E-state index contributed by atoms with van der Waals surface area (Å²) in [6, 6.07) is 3.61. The Labute approximate surface area is 118 Å². The third kappa shape index (κ3) is 4.86. The summed E-state index contributed by atoms with van der Waals surface area (Å²) in [7, 11) is 1.27. The SMILES string of the molecule is COC(=O)[C@@H](C)CNC(=O)Nc1cc(Br)ccc1F. The Morgan fingerprint density at radius 1 is 1.47 bits per heavy atom. The molecule has 0 fully saturated rings. The molecule has 2 amide bonds. The molecule has 1 atom stereocenters. The van der Waals surface area contributed by atoms with E-state index < -0.39 is 23.7 Å². The van der Waals surface area contributed by atoms with E-state index in [9.17, 15) is 14.0 Å². The molecule has 0 radical (unpaired) electrons. The van der Waals surface area contributed by atoms with Crippen LogP contribution in [-0.4, -0.2) is 25.7 Å². The highest BCUT2D eigenvalue weighted by Crippen LogP contribution is 2.19. The Bertz CT molecular complexity index is 482. The Balaban J connectivity index is 2.52. The highest BCUT2D eigenvalue weighted by Gasteiger charge is 2.14. The lowest BCUT2D eigenvalue weighted by molar-refractivity contribution is -0.144. The number of ether oxygens (including phenoxy) is 1. The number of rotatable bonds is 4.